The van der Waals surface area contributed by atoms with E-state index in [-0.39, 0.29) is 18.1 Å². The fourth-order valence-electron chi connectivity index (χ4n) is 1.92. The first-order chi connectivity index (χ1) is 10.6. The van der Waals surface area contributed by atoms with Gasteiger partial charge in [-0.2, -0.15) is 0 Å². The number of carbonyl (C=O) groups excluding carboxylic acids is 1. The lowest BCUT2D eigenvalue weighted by Gasteiger charge is -2.05. The summed E-state index contributed by atoms with van der Waals surface area (Å²) >= 11 is 0. The summed E-state index contributed by atoms with van der Waals surface area (Å²) in [5, 5.41) is 11.4. The molecule has 1 aromatic carbocycles. The van der Waals surface area contributed by atoms with Gasteiger partial charge in [0.1, 0.15) is 12.4 Å². The van der Waals surface area contributed by atoms with Crippen LogP contribution in [0, 0.1) is 0 Å². The minimum atomic E-state index is -0.831. The number of benzene rings is 1. The Bertz CT molecular complexity index is 645. The van der Waals surface area contributed by atoms with Gasteiger partial charge in [-0.05, 0) is 36.2 Å². The van der Waals surface area contributed by atoms with Crippen molar-refractivity contribution in [3.8, 4) is 0 Å². The van der Waals surface area contributed by atoms with Gasteiger partial charge in [0.2, 0.25) is 0 Å². The molecule has 1 aromatic heterocycles. The smallest absolute Gasteiger partial charge is 0.303 e. The number of furan rings is 1. The first-order valence-corrected chi connectivity index (χ1v) is 6.78. The standard InChI is InChI=1S/C16H17NO5/c1-21-10-13-7-8-14(22-13)16(20)17-12-5-2-11(3-6-12)4-9-15(18)19/h2-3,5-8H,4,9-10H2,1H3,(H,17,20)(H,18,19). The van der Waals surface area contributed by atoms with E-state index in [0.717, 1.165) is 5.56 Å². The summed E-state index contributed by atoms with van der Waals surface area (Å²) in [5.74, 6) is -0.388. The van der Waals surface area contributed by atoms with Gasteiger partial charge < -0.3 is 19.6 Å². The highest BCUT2D eigenvalue weighted by Crippen LogP contribution is 2.14. The van der Waals surface area contributed by atoms with E-state index in [0.29, 0.717) is 24.5 Å². The SMILES string of the molecule is COCc1ccc(C(=O)Nc2ccc(CCC(=O)O)cc2)o1. The Morgan fingerprint density at radius 1 is 1.18 bits per heavy atom. The van der Waals surface area contributed by atoms with Crippen molar-refractivity contribution in [1.82, 2.24) is 0 Å². The van der Waals surface area contributed by atoms with E-state index < -0.39 is 5.97 Å². The summed E-state index contributed by atoms with van der Waals surface area (Å²) in [6.45, 7) is 0.311. The van der Waals surface area contributed by atoms with Crippen molar-refractivity contribution >= 4 is 17.6 Å². The van der Waals surface area contributed by atoms with Gasteiger partial charge in [-0.3, -0.25) is 9.59 Å². The molecule has 0 radical (unpaired) electrons. The molecule has 0 fully saturated rings. The van der Waals surface area contributed by atoms with Crippen LogP contribution in [-0.2, 0) is 22.6 Å². The van der Waals surface area contributed by atoms with Crippen molar-refractivity contribution in [3.63, 3.8) is 0 Å². The third-order valence-corrected chi connectivity index (χ3v) is 3.01. The molecule has 0 saturated carbocycles. The van der Waals surface area contributed by atoms with E-state index in [4.69, 9.17) is 14.3 Å². The summed E-state index contributed by atoms with van der Waals surface area (Å²) in [5.41, 5.74) is 1.52. The molecule has 2 N–H and O–H groups in total. The van der Waals surface area contributed by atoms with E-state index in [1.807, 2.05) is 0 Å². The molecule has 0 aliphatic heterocycles. The topological polar surface area (TPSA) is 88.8 Å². The van der Waals surface area contributed by atoms with Gasteiger partial charge in [0.05, 0.1) is 0 Å². The summed E-state index contributed by atoms with van der Waals surface area (Å²) in [6.07, 6.45) is 0.544. The summed E-state index contributed by atoms with van der Waals surface area (Å²) in [6, 6.07) is 10.3. The minimum Gasteiger partial charge on any atom is -0.481 e. The average Bonchev–Trinajstić information content (AvgIpc) is 2.96. The van der Waals surface area contributed by atoms with Crippen LogP contribution in [0.5, 0.6) is 0 Å². The van der Waals surface area contributed by atoms with Gasteiger partial charge in [0, 0.05) is 19.2 Å². The molecule has 2 aromatic rings. The molecule has 1 amide bonds. The van der Waals surface area contributed by atoms with Crippen LogP contribution < -0.4 is 5.32 Å². The maximum Gasteiger partial charge on any atom is 0.303 e. The number of amides is 1. The number of ether oxygens (including phenoxy) is 1. The number of rotatable bonds is 7. The molecule has 0 aliphatic rings. The number of hydrogen-bond acceptors (Lipinski definition) is 4. The largest absolute Gasteiger partial charge is 0.481 e. The molecular weight excluding hydrogens is 286 g/mol. The fraction of sp³-hybridized carbons (Fsp3) is 0.250. The Kier molecular flexibility index (Phi) is 5.32. The van der Waals surface area contributed by atoms with Crippen LogP contribution in [0.3, 0.4) is 0 Å². The zero-order valence-electron chi connectivity index (χ0n) is 12.2. The third-order valence-electron chi connectivity index (χ3n) is 3.01. The second-order valence-electron chi connectivity index (χ2n) is 4.74. The van der Waals surface area contributed by atoms with Gasteiger partial charge in [-0.1, -0.05) is 12.1 Å². The Labute approximate surface area is 127 Å². The van der Waals surface area contributed by atoms with Gasteiger partial charge in [0.15, 0.2) is 5.76 Å². The lowest BCUT2D eigenvalue weighted by Crippen LogP contribution is -2.10. The number of carboxylic acid groups (broad SMARTS) is 1. The highest BCUT2D eigenvalue weighted by molar-refractivity contribution is 6.02. The maximum absolute atomic E-state index is 12.0. The lowest BCUT2D eigenvalue weighted by molar-refractivity contribution is -0.136. The van der Waals surface area contributed by atoms with E-state index in [2.05, 4.69) is 5.32 Å². The van der Waals surface area contributed by atoms with Gasteiger partial charge in [-0.15, -0.1) is 0 Å². The zero-order valence-corrected chi connectivity index (χ0v) is 12.2. The Balaban J connectivity index is 1.94. The first kappa shape index (κ1) is 15.8. The molecule has 116 valence electrons. The molecule has 0 saturated heterocycles. The Morgan fingerprint density at radius 3 is 2.55 bits per heavy atom. The van der Waals surface area contributed by atoms with Crippen LogP contribution in [0.1, 0.15) is 28.3 Å². The van der Waals surface area contributed by atoms with E-state index in [1.54, 1.807) is 43.5 Å². The normalized spacial score (nSPS) is 10.4. The summed E-state index contributed by atoms with van der Waals surface area (Å²) in [7, 11) is 1.55. The predicted octanol–water partition coefficient (Wildman–Crippen LogP) is 2.70. The Hall–Kier alpha value is -2.60. The lowest BCUT2D eigenvalue weighted by atomic mass is 10.1. The highest BCUT2D eigenvalue weighted by atomic mass is 16.5. The van der Waals surface area contributed by atoms with Crippen LogP contribution in [0.4, 0.5) is 5.69 Å². The molecule has 1 heterocycles. The molecule has 6 nitrogen and oxygen atoms in total. The number of hydrogen-bond donors (Lipinski definition) is 2. The van der Waals surface area contributed by atoms with E-state index in [1.165, 1.54) is 0 Å². The van der Waals surface area contributed by atoms with Crippen LogP contribution >= 0.6 is 0 Å². The van der Waals surface area contributed by atoms with Crippen LogP contribution in [0.25, 0.3) is 0 Å². The molecular formula is C16H17NO5. The molecule has 0 atom stereocenters. The molecule has 22 heavy (non-hydrogen) atoms. The number of anilines is 1. The second-order valence-corrected chi connectivity index (χ2v) is 4.74. The molecule has 0 aliphatic carbocycles. The second kappa shape index (κ2) is 7.42. The van der Waals surface area contributed by atoms with Crippen molar-refractivity contribution in [1.29, 1.82) is 0 Å². The van der Waals surface area contributed by atoms with Crippen molar-refractivity contribution < 1.29 is 23.8 Å². The number of aryl methyl sites for hydroxylation is 1. The molecule has 0 bridgehead atoms. The van der Waals surface area contributed by atoms with Crippen molar-refractivity contribution in [2.24, 2.45) is 0 Å². The number of methoxy groups -OCH3 is 1. The third kappa shape index (κ3) is 4.46. The maximum atomic E-state index is 12.0. The van der Waals surface area contributed by atoms with Crippen molar-refractivity contribution in [2.45, 2.75) is 19.4 Å². The van der Waals surface area contributed by atoms with Crippen LogP contribution in [0.2, 0.25) is 0 Å². The number of aliphatic carboxylic acids is 1. The van der Waals surface area contributed by atoms with Gasteiger partial charge >= 0.3 is 5.97 Å². The zero-order chi connectivity index (χ0) is 15.9. The quantitative estimate of drug-likeness (QED) is 0.821. The summed E-state index contributed by atoms with van der Waals surface area (Å²) in [4.78, 5) is 22.5. The van der Waals surface area contributed by atoms with E-state index >= 15 is 0 Å². The number of carboxylic acids is 1. The first-order valence-electron chi connectivity index (χ1n) is 6.78. The minimum absolute atomic E-state index is 0.0837. The van der Waals surface area contributed by atoms with E-state index in [9.17, 15) is 9.59 Å². The monoisotopic (exact) mass is 303 g/mol. The number of carbonyl (C=O) groups is 2. The molecule has 6 heteroatoms. The predicted molar refractivity (Wildman–Crippen MR) is 79.8 cm³/mol. The molecule has 0 unspecified atom stereocenters. The highest BCUT2D eigenvalue weighted by Gasteiger charge is 2.11. The average molecular weight is 303 g/mol. The van der Waals surface area contributed by atoms with Crippen LogP contribution in [-0.4, -0.2) is 24.1 Å². The van der Waals surface area contributed by atoms with Gasteiger partial charge in [-0.25, -0.2) is 0 Å². The number of nitrogens with one attached hydrogen (secondary N) is 1. The van der Waals surface area contributed by atoms with Crippen LogP contribution in [0.15, 0.2) is 40.8 Å². The Morgan fingerprint density at radius 2 is 1.91 bits per heavy atom. The molecule has 0 spiro atoms. The summed E-state index contributed by atoms with van der Waals surface area (Å²) < 4.78 is 10.3. The van der Waals surface area contributed by atoms with Gasteiger partial charge in [0.25, 0.3) is 5.91 Å². The van der Waals surface area contributed by atoms with Crippen molar-refractivity contribution in [3.05, 3.63) is 53.5 Å². The molecule has 2 rings (SSSR count). The fourth-order valence-corrected chi connectivity index (χ4v) is 1.92. The van der Waals surface area contributed by atoms with Crippen molar-refractivity contribution in [2.75, 3.05) is 12.4 Å².